The molecule has 0 saturated heterocycles. The van der Waals surface area contributed by atoms with Crippen LogP contribution in [0.25, 0.3) is 4.96 Å². The van der Waals surface area contributed by atoms with Gasteiger partial charge in [-0.3, -0.25) is 9.59 Å². The number of anilines is 1. The van der Waals surface area contributed by atoms with Crippen molar-refractivity contribution in [3.8, 4) is 0 Å². The Labute approximate surface area is 144 Å². The summed E-state index contributed by atoms with van der Waals surface area (Å²) in [7, 11) is 1.81. The summed E-state index contributed by atoms with van der Waals surface area (Å²) in [6.45, 7) is 2.01. The maximum absolute atomic E-state index is 12.3. The number of fused-ring (bicyclic) bond motifs is 1. The van der Waals surface area contributed by atoms with Crippen molar-refractivity contribution in [1.29, 1.82) is 0 Å². The fourth-order valence-corrected chi connectivity index (χ4v) is 3.96. The minimum Gasteiger partial charge on any atom is -0.352 e. The van der Waals surface area contributed by atoms with Gasteiger partial charge in [-0.1, -0.05) is 37.0 Å². The lowest BCUT2D eigenvalue weighted by Crippen LogP contribution is -2.41. The number of nitrogens with zero attached hydrogens (tertiary/aromatic N) is 4. The first-order valence-corrected chi connectivity index (χ1v) is 9.22. The molecule has 1 fully saturated rings. The molecule has 3 rings (SSSR count). The second kappa shape index (κ2) is 7.29. The summed E-state index contributed by atoms with van der Waals surface area (Å²) in [5.74, 6) is 0.000132. The molecule has 130 valence electrons. The zero-order valence-corrected chi connectivity index (χ0v) is 14.9. The smallest absolute Gasteiger partial charge is 0.275 e. The van der Waals surface area contributed by atoms with Gasteiger partial charge in [-0.25, -0.2) is 4.98 Å². The van der Waals surface area contributed by atoms with Crippen molar-refractivity contribution in [3.05, 3.63) is 22.1 Å². The van der Waals surface area contributed by atoms with Gasteiger partial charge in [-0.15, -0.1) is 5.10 Å². The Balaban J connectivity index is 1.65. The number of amides is 1. The fourth-order valence-electron chi connectivity index (χ4n) is 3.04. The summed E-state index contributed by atoms with van der Waals surface area (Å²) >= 11 is 1.31. The SMILES string of the molecule is Cc1cc(=O)n2nc(N(C)CC(=O)NC3CCCCCC3)sc2n1. The standard InChI is InChI=1S/C16H23N5O2S/c1-11-9-14(23)21-15(17-11)24-16(19-21)20(2)10-13(22)18-12-7-5-3-4-6-8-12/h9,12H,3-8,10H2,1-2H3,(H,18,22). The van der Waals surface area contributed by atoms with E-state index < -0.39 is 0 Å². The van der Waals surface area contributed by atoms with E-state index in [4.69, 9.17) is 0 Å². The van der Waals surface area contributed by atoms with Crippen LogP contribution in [-0.2, 0) is 4.79 Å². The van der Waals surface area contributed by atoms with E-state index in [9.17, 15) is 9.59 Å². The lowest BCUT2D eigenvalue weighted by atomic mass is 10.1. The molecule has 2 aromatic rings. The number of carbonyl (C=O) groups is 1. The Morgan fingerprint density at radius 2 is 2.08 bits per heavy atom. The number of hydrogen-bond donors (Lipinski definition) is 1. The molecule has 1 aliphatic carbocycles. The van der Waals surface area contributed by atoms with Gasteiger partial charge >= 0.3 is 0 Å². The second-order valence-electron chi connectivity index (χ2n) is 6.43. The van der Waals surface area contributed by atoms with Gasteiger partial charge in [0.25, 0.3) is 5.56 Å². The minimum absolute atomic E-state index is 0.000132. The maximum atomic E-state index is 12.3. The monoisotopic (exact) mass is 349 g/mol. The highest BCUT2D eigenvalue weighted by molar-refractivity contribution is 7.20. The molecular formula is C16H23N5O2S. The van der Waals surface area contributed by atoms with Crippen molar-refractivity contribution < 1.29 is 4.79 Å². The Bertz CT molecular complexity index is 776. The van der Waals surface area contributed by atoms with Crippen molar-refractivity contribution >= 4 is 27.3 Å². The van der Waals surface area contributed by atoms with Crippen molar-refractivity contribution in [2.24, 2.45) is 0 Å². The van der Waals surface area contributed by atoms with Gasteiger partial charge in [0.15, 0.2) is 0 Å². The van der Waals surface area contributed by atoms with Crippen LogP contribution in [0, 0.1) is 6.92 Å². The summed E-state index contributed by atoms with van der Waals surface area (Å²) in [4.78, 5) is 30.8. The maximum Gasteiger partial charge on any atom is 0.275 e. The molecular weight excluding hydrogens is 326 g/mol. The molecule has 1 amide bonds. The van der Waals surface area contributed by atoms with Crippen LogP contribution in [0.2, 0.25) is 0 Å². The zero-order chi connectivity index (χ0) is 17.1. The topological polar surface area (TPSA) is 79.6 Å². The van der Waals surface area contributed by atoms with E-state index in [1.54, 1.807) is 11.8 Å². The van der Waals surface area contributed by atoms with E-state index in [-0.39, 0.29) is 24.1 Å². The Morgan fingerprint density at radius 1 is 1.38 bits per heavy atom. The number of nitrogens with one attached hydrogen (secondary N) is 1. The molecule has 0 unspecified atom stereocenters. The third kappa shape index (κ3) is 3.92. The summed E-state index contributed by atoms with van der Waals surface area (Å²) in [6, 6.07) is 1.74. The third-order valence-electron chi connectivity index (χ3n) is 4.29. The highest BCUT2D eigenvalue weighted by atomic mass is 32.1. The number of aromatic nitrogens is 3. The van der Waals surface area contributed by atoms with Crippen molar-refractivity contribution in [2.75, 3.05) is 18.5 Å². The molecule has 0 bridgehead atoms. The van der Waals surface area contributed by atoms with Crippen LogP contribution in [0.4, 0.5) is 5.13 Å². The zero-order valence-electron chi connectivity index (χ0n) is 14.1. The van der Waals surface area contributed by atoms with E-state index in [0.717, 1.165) is 12.8 Å². The van der Waals surface area contributed by atoms with Crippen LogP contribution < -0.4 is 15.8 Å². The molecule has 0 radical (unpaired) electrons. The molecule has 0 aliphatic heterocycles. The van der Waals surface area contributed by atoms with Gasteiger partial charge in [-0.2, -0.15) is 4.52 Å². The summed E-state index contributed by atoms with van der Waals surface area (Å²) in [5.41, 5.74) is 0.472. The van der Waals surface area contributed by atoms with Gasteiger partial charge in [0.2, 0.25) is 16.0 Å². The molecule has 0 atom stereocenters. The van der Waals surface area contributed by atoms with Crippen LogP contribution in [-0.4, -0.2) is 40.1 Å². The predicted octanol–water partition coefficient (Wildman–Crippen LogP) is 1.73. The number of aryl methyl sites for hydroxylation is 1. The van der Waals surface area contributed by atoms with Gasteiger partial charge in [0.1, 0.15) is 0 Å². The first-order valence-electron chi connectivity index (χ1n) is 8.41. The lowest BCUT2D eigenvalue weighted by molar-refractivity contribution is -0.120. The van der Waals surface area contributed by atoms with Gasteiger partial charge in [0.05, 0.1) is 6.54 Å². The Morgan fingerprint density at radius 3 is 2.79 bits per heavy atom. The normalized spacial score (nSPS) is 16.1. The molecule has 0 aromatic carbocycles. The summed E-state index contributed by atoms with van der Waals surface area (Å²) < 4.78 is 1.28. The van der Waals surface area contributed by atoms with E-state index in [0.29, 0.717) is 15.8 Å². The molecule has 1 aliphatic rings. The molecule has 24 heavy (non-hydrogen) atoms. The van der Waals surface area contributed by atoms with Crippen molar-refractivity contribution in [2.45, 2.75) is 51.5 Å². The van der Waals surface area contributed by atoms with Crippen LogP contribution in [0.1, 0.15) is 44.2 Å². The van der Waals surface area contributed by atoms with Crippen molar-refractivity contribution in [3.63, 3.8) is 0 Å². The number of carbonyl (C=O) groups excluding carboxylic acids is 1. The molecule has 0 spiro atoms. The minimum atomic E-state index is -0.198. The van der Waals surface area contributed by atoms with Crippen LogP contribution in [0.3, 0.4) is 0 Å². The first-order chi connectivity index (χ1) is 11.5. The largest absolute Gasteiger partial charge is 0.352 e. The van der Waals surface area contributed by atoms with Crippen LogP contribution >= 0.6 is 11.3 Å². The second-order valence-corrected chi connectivity index (χ2v) is 7.36. The number of hydrogen-bond acceptors (Lipinski definition) is 6. The van der Waals surface area contributed by atoms with Gasteiger partial charge in [-0.05, 0) is 19.8 Å². The highest BCUT2D eigenvalue weighted by Gasteiger charge is 2.18. The third-order valence-corrected chi connectivity index (χ3v) is 5.31. The van der Waals surface area contributed by atoms with Crippen molar-refractivity contribution in [1.82, 2.24) is 19.9 Å². The van der Waals surface area contributed by atoms with Gasteiger partial charge in [0, 0.05) is 24.8 Å². The lowest BCUT2D eigenvalue weighted by Gasteiger charge is -2.19. The Kier molecular flexibility index (Phi) is 5.13. The molecule has 1 N–H and O–H groups in total. The van der Waals surface area contributed by atoms with E-state index in [2.05, 4.69) is 15.4 Å². The molecule has 7 nitrogen and oxygen atoms in total. The highest BCUT2D eigenvalue weighted by Crippen LogP contribution is 2.20. The molecule has 2 aromatic heterocycles. The average molecular weight is 349 g/mol. The summed E-state index contributed by atoms with van der Waals surface area (Å²) in [5, 5.41) is 8.01. The van der Waals surface area contributed by atoms with Gasteiger partial charge < -0.3 is 10.2 Å². The molecule has 8 heteroatoms. The quantitative estimate of drug-likeness (QED) is 0.851. The van der Waals surface area contributed by atoms with E-state index in [1.165, 1.54) is 47.6 Å². The average Bonchev–Trinajstić information content (AvgIpc) is 2.78. The number of likely N-dealkylation sites (N-methyl/N-ethyl adjacent to an activating group) is 1. The van der Waals surface area contributed by atoms with Crippen LogP contribution in [0.15, 0.2) is 10.9 Å². The van der Waals surface area contributed by atoms with E-state index >= 15 is 0 Å². The predicted molar refractivity (Wildman–Crippen MR) is 94.8 cm³/mol. The molecule has 1 saturated carbocycles. The molecule has 2 heterocycles. The van der Waals surface area contributed by atoms with E-state index in [1.807, 2.05) is 7.05 Å². The fraction of sp³-hybridized carbons (Fsp3) is 0.625. The number of rotatable bonds is 4. The van der Waals surface area contributed by atoms with Crippen LogP contribution in [0.5, 0.6) is 0 Å². The summed E-state index contributed by atoms with van der Waals surface area (Å²) in [6.07, 6.45) is 7.03. The first kappa shape index (κ1) is 16.9. The Hall–Kier alpha value is -1.96.